The molecule has 16 saturated carbocycles. The van der Waals surface area contributed by atoms with E-state index in [1.54, 1.807) is 315 Å². The summed E-state index contributed by atoms with van der Waals surface area (Å²) in [5, 5.41) is 0. The molecule has 0 amide bonds. The third-order valence-corrected chi connectivity index (χ3v) is 39.9. The molecule has 0 aromatic rings. The van der Waals surface area contributed by atoms with Gasteiger partial charge in [-0.2, -0.15) is 0 Å². The van der Waals surface area contributed by atoms with Crippen LogP contribution < -0.4 is 0 Å². The Kier molecular flexibility index (Phi) is 20.6. The zero-order valence-electron chi connectivity index (χ0n) is 66.7. The quantitative estimate of drug-likeness (QED) is 0.213. The Balaban J connectivity index is 0.799. The minimum Gasteiger partial charge on any atom is -0.295 e. The summed E-state index contributed by atoms with van der Waals surface area (Å²) < 4.78 is 0. The van der Waals surface area contributed by atoms with Crippen molar-refractivity contribution in [3.8, 4) is 0 Å². The van der Waals surface area contributed by atoms with Gasteiger partial charge in [0.25, 0.3) is 0 Å². The molecule has 16 aliphatic carbocycles. The summed E-state index contributed by atoms with van der Waals surface area (Å²) in [5.74, 6) is 24.9. The highest BCUT2D eigenvalue weighted by molar-refractivity contribution is 6.65. The van der Waals surface area contributed by atoms with Crippen molar-refractivity contribution < 1.29 is 0 Å². The van der Waals surface area contributed by atoms with Gasteiger partial charge in [0.2, 0.25) is 0 Å². The topological polar surface area (TPSA) is 9.72 Å². The molecular formula is C96H160BN3. The standard InChI is InChI=1S/C96H160BN3/c1-95(2,3)71-52-68-46-47-69-53-72(96(4,5)6)58-81-80(55-70(54-71)90(68)91(69)81)67-49-51-83-87(57-67)100(94-76(64-34-18-10-19-35-64)42-27-43-77(94)65-36-20-11-21-37-65)89-60-73(98-84-44-24-22-38-78(84)79-39-23-25-45-85(79)98)59-88-92(89)97(83)82-50-48-66(61-28-12-7-13-29-61)56-86(82)99(88)93-74(62-30-14-8-15-31-62)40-26-41-75(93)63-32-16-9-17-33-63/h61-94H,7-60H2,1-6H3. The Morgan fingerprint density at radius 2 is 0.590 bits per heavy atom. The van der Waals surface area contributed by atoms with Crippen molar-refractivity contribution in [3.63, 3.8) is 0 Å². The first-order valence-corrected chi connectivity index (χ1v) is 48.2. The summed E-state index contributed by atoms with van der Waals surface area (Å²) >= 11 is 0. The predicted octanol–water partition coefficient (Wildman–Crippen LogP) is 25.8. The minimum absolute atomic E-state index is 0.438. The molecule has 19 rings (SSSR count). The molecule has 0 aromatic carbocycles. The fraction of sp³-hybridized carbons (Fsp3) is 1.00. The summed E-state index contributed by atoms with van der Waals surface area (Å²) in [6, 6.07) is 7.79. The van der Waals surface area contributed by atoms with Crippen molar-refractivity contribution in [2.75, 3.05) is 0 Å². The Bertz CT molecular complexity index is 2600. The third kappa shape index (κ3) is 12.7. The van der Waals surface area contributed by atoms with Crippen LogP contribution in [0.25, 0.3) is 0 Å². The first kappa shape index (κ1) is 70.3. The van der Waals surface area contributed by atoms with Gasteiger partial charge in [-0.15, -0.1) is 0 Å². The molecule has 19 fully saturated rings. The van der Waals surface area contributed by atoms with Gasteiger partial charge in [0, 0.05) is 54.4 Å². The lowest BCUT2D eigenvalue weighted by molar-refractivity contribution is -0.159. The molecule has 3 aliphatic heterocycles. The Labute approximate surface area is 618 Å². The van der Waals surface area contributed by atoms with Crippen LogP contribution in [0.2, 0.25) is 17.5 Å². The molecule has 100 heavy (non-hydrogen) atoms. The Hall–Kier alpha value is -0.0551. The first-order valence-electron chi connectivity index (χ1n) is 48.2. The first-order chi connectivity index (χ1) is 48.9. The average molecular weight is 1370 g/mol. The lowest BCUT2D eigenvalue weighted by atomic mass is 9.18. The third-order valence-electron chi connectivity index (χ3n) is 39.9. The molecule has 562 valence electrons. The van der Waals surface area contributed by atoms with Gasteiger partial charge in [0.05, 0.1) is 0 Å². The molecular weight excluding hydrogens is 1210 g/mol. The number of hydrogen-bond donors (Lipinski definition) is 0. The van der Waals surface area contributed by atoms with E-state index in [1.807, 2.05) is 0 Å². The van der Waals surface area contributed by atoms with Crippen LogP contribution in [-0.4, -0.2) is 75.8 Å². The zero-order chi connectivity index (χ0) is 67.1. The van der Waals surface area contributed by atoms with Crippen molar-refractivity contribution in [3.05, 3.63) is 0 Å². The number of hydrogen-bond acceptors (Lipinski definition) is 3. The maximum absolute atomic E-state index is 4.05. The monoisotopic (exact) mass is 1370 g/mol. The molecule has 0 aromatic heterocycles. The van der Waals surface area contributed by atoms with Crippen LogP contribution >= 0.6 is 0 Å². The number of nitrogens with zero attached hydrogens (tertiary/aromatic N) is 3. The van der Waals surface area contributed by atoms with E-state index in [2.05, 4.69) is 56.2 Å². The molecule has 0 spiro atoms. The smallest absolute Gasteiger partial charge is 0.156 e. The van der Waals surface area contributed by atoms with E-state index in [1.165, 1.54) is 32.1 Å². The van der Waals surface area contributed by atoms with Gasteiger partial charge in [0.1, 0.15) is 0 Å². The maximum Gasteiger partial charge on any atom is 0.156 e. The summed E-state index contributed by atoms with van der Waals surface area (Å²) in [7, 11) is 0. The van der Waals surface area contributed by atoms with Gasteiger partial charge >= 0.3 is 0 Å². The molecule has 19 aliphatic rings. The van der Waals surface area contributed by atoms with E-state index < -0.39 is 0 Å². The van der Waals surface area contributed by atoms with Crippen LogP contribution in [0.4, 0.5) is 0 Å². The van der Waals surface area contributed by atoms with Gasteiger partial charge in [-0.05, 0) is 280 Å². The second kappa shape index (κ2) is 29.3. The van der Waals surface area contributed by atoms with E-state index in [0.717, 1.165) is 209 Å². The van der Waals surface area contributed by atoms with E-state index in [-0.39, 0.29) is 0 Å². The summed E-state index contributed by atoms with van der Waals surface area (Å²) in [6.07, 6.45) is 85.6. The number of fused-ring (bicyclic) bond motifs is 7. The van der Waals surface area contributed by atoms with Crippen LogP contribution in [0.3, 0.4) is 0 Å². The second-order valence-electron chi connectivity index (χ2n) is 45.5. The maximum atomic E-state index is 4.05. The largest absolute Gasteiger partial charge is 0.295 e. The Morgan fingerprint density at radius 1 is 0.220 bits per heavy atom. The number of rotatable bonds is 9. The van der Waals surface area contributed by atoms with Crippen molar-refractivity contribution >= 4 is 6.71 Å². The van der Waals surface area contributed by atoms with Gasteiger partial charge in [0.15, 0.2) is 6.71 Å². The fourth-order valence-electron chi connectivity index (χ4n) is 36.2. The second-order valence-corrected chi connectivity index (χ2v) is 45.5. The van der Waals surface area contributed by atoms with Crippen molar-refractivity contribution in [2.45, 2.75) is 460 Å². The van der Waals surface area contributed by atoms with Crippen LogP contribution in [0.5, 0.6) is 0 Å². The molecule has 0 radical (unpaired) electrons. The SMILES string of the molecule is CC(C)(C)C1CC2CCC3CC(C(C)(C)C)CC4C(C5CCC6B7C8CCC(C9CCCCC9)CC8N(C8C(C9CCCCC9)CCCC8C8CCCCC8)C8CC(N9C%10CCCCC%10C%10CCCCC%109)CC(C78)N(C7C(C8CCCCC8)CCCC7C7CCCCC7)C6C5)CC(C1)C2C34. The number of likely N-dealkylation sites (tertiary alicyclic amines) is 1. The van der Waals surface area contributed by atoms with E-state index in [4.69, 9.17) is 0 Å². The van der Waals surface area contributed by atoms with Crippen molar-refractivity contribution in [1.29, 1.82) is 0 Å². The lowest BCUT2D eigenvalue weighted by Gasteiger charge is -2.72. The Morgan fingerprint density at radius 3 is 1.05 bits per heavy atom. The summed E-state index contributed by atoms with van der Waals surface area (Å²) in [5.41, 5.74) is 0.890. The molecule has 4 heteroatoms. The molecule has 3 saturated heterocycles. The highest BCUT2D eigenvalue weighted by atomic mass is 15.3. The summed E-state index contributed by atoms with van der Waals surface area (Å²) in [6.45, 7) is 17.3. The lowest BCUT2D eigenvalue weighted by Crippen LogP contribution is -2.78. The van der Waals surface area contributed by atoms with Crippen molar-refractivity contribution in [1.82, 2.24) is 14.7 Å². The fourth-order valence-corrected chi connectivity index (χ4v) is 36.2. The molecule has 3 heterocycles. The van der Waals surface area contributed by atoms with E-state index >= 15 is 0 Å². The van der Waals surface area contributed by atoms with Gasteiger partial charge < -0.3 is 0 Å². The molecule has 0 bridgehead atoms. The zero-order valence-corrected chi connectivity index (χ0v) is 66.7. The average Bonchev–Trinajstić information content (AvgIpc) is 0.782. The van der Waals surface area contributed by atoms with Gasteiger partial charge in [-0.1, -0.05) is 266 Å². The minimum atomic E-state index is 0.438. The van der Waals surface area contributed by atoms with Crippen LogP contribution in [-0.2, 0) is 0 Å². The predicted molar refractivity (Wildman–Crippen MR) is 422 cm³/mol. The highest BCUT2D eigenvalue weighted by Crippen LogP contribution is 2.71. The van der Waals surface area contributed by atoms with E-state index in [9.17, 15) is 0 Å². The van der Waals surface area contributed by atoms with Gasteiger partial charge in [-0.3, -0.25) is 14.7 Å². The molecule has 27 atom stereocenters. The van der Waals surface area contributed by atoms with Crippen LogP contribution in [0, 0.1) is 141 Å². The molecule has 3 nitrogen and oxygen atoms in total. The van der Waals surface area contributed by atoms with Crippen LogP contribution in [0.1, 0.15) is 388 Å². The van der Waals surface area contributed by atoms with Crippen LogP contribution in [0.15, 0.2) is 0 Å². The van der Waals surface area contributed by atoms with Crippen molar-refractivity contribution in [2.24, 2.45) is 141 Å². The van der Waals surface area contributed by atoms with E-state index in [0.29, 0.717) is 10.8 Å². The van der Waals surface area contributed by atoms with Gasteiger partial charge in [-0.25, -0.2) is 0 Å². The molecule has 27 unspecified atom stereocenters. The molecule has 0 N–H and O–H groups in total. The normalized spacial score (nSPS) is 50.1. The summed E-state index contributed by atoms with van der Waals surface area (Å²) in [4.78, 5) is 11.7. The highest BCUT2D eigenvalue weighted by Gasteiger charge is 2.70.